The topological polar surface area (TPSA) is 83.7 Å². The molecule has 2 aromatic heterocycles. The molecule has 1 aliphatic carbocycles. The summed E-state index contributed by atoms with van der Waals surface area (Å²) >= 11 is 0. The van der Waals surface area contributed by atoms with Gasteiger partial charge in [0, 0.05) is 12.6 Å². The van der Waals surface area contributed by atoms with Gasteiger partial charge in [0.2, 0.25) is 5.95 Å². The average molecular weight is 232 g/mol. The first-order valence-corrected chi connectivity index (χ1v) is 6.03. The maximum absolute atomic E-state index is 5.74. The number of nitrogens with zero attached hydrogens (tertiary/aromatic N) is 4. The van der Waals surface area contributed by atoms with E-state index in [0.717, 1.165) is 24.2 Å². The molecule has 0 atom stereocenters. The van der Waals surface area contributed by atoms with Gasteiger partial charge in [-0.05, 0) is 19.3 Å². The third-order valence-corrected chi connectivity index (χ3v) is 3.03. The molecule has 17 heavy (non-hydrogen) atoms. The van der Waals surface area contributed by atoms with Crippen LogP contribution in [0.1, 0.15) is 26.2 Å². The molecule has 0 aromatic carbocycles. The lowest BCUT2D eigenvalue weighted by Crippen LogP contribution is -2.27. The number of aromatic amines is 1. The van der Waals surface area contributed by atoms with E-state index in [0.29, 0.717) is 17.6 Å². The Balaban J connectivity index is 2.09. The summed E-state index contributed by atoms with van der Waals surface area (Å²) in [5.74, 6) is 1.23. The van der Waals surface area contributed by atoms with E-state index in [2.05, 4.69) is 32.0 Å². The van der Waals surface area contributed by atoms with Crippen molar-refractivity contribution in [3.05, 3.63) is 6.20 Å². The highest BCUT2D eigenvalue weighted by molar-refractivity contribution is 5.87. The van der Waals surface area contributed by atoms with Crippen molar-refractivity contribution in [2.45, 2.75) is 32.2 Å². The Kier molecular flexibility index (Phi) is 2.35. The van der Waals surface area contributed by atoms with Crippen molar-refractivity contribution in [1.29, 1.82) is 0 Å². The van der Waals surface area contributed by atoms with Crippen LogP contribution in [0.5, 0.6) is 0 Å². The molecule has 3 N–H and O–H groups in total. The van der Waals surface area contributed by atoms with Crippen LogP contribution in [-0.2, 0) is 0 Å². The van der Waals surface area contributed by atoms with Gasteiger partial charge in [0.05, 0.1) is 11.6 Å². The molecule has 0 saturated heterocycles. The highest BCUT2D eigenvalue weighted by atomic mass is 15.3. The molecule has 2 heterocycles. The average Bonchev–Trinajstić information content (AvgIpc) is 3.04. The number of hydrogen-bond acceptors (Lipinski definition) is 5. The minimum Gasteiger partial charge on any atom is -0.368 e. The zero-order valence-corrected chi connectivity index (χ0v) is 9.85. The van der Waals surface area contributed by atoms with Gasteiger partial charge in [0.25, 0.3) is 0 Å². The second kappa shape index (κ2) is 3.87. The van der Waals surface area contributed by atoms with Crippen LogP contribution in [0.4, 0.5) is 11.8 Å². The molecule has 0 spiro atoms. The number of H-pyrrole nitrogens is 1. The van der Waals surface area contributed by atoms with Crippen molar-refractivity contribution in [3.63, 3.8) is 0 Å². The Bertz CT molecular complexity index is 530. The summed E-state index contributed by atoms with van der Waals surface area (Å²) in [6.07, 6.45) is 5.35. The molecule has 1 fully saturated rings. The third kappa shape index (κ3) is 1.79. The summed E-state index contributed by atoms with van der Waals surface area (Å²) in [7, 11) is 0. The molecule has 90 valence electrons. The summed E-state index contributed by atoms with van der Waals surface area (Å²) in [4.78, 5) is 10.9. The number of fused-ring (bicyclic) bond motifs is 1. The van der Waals surface area contributed by atoms with Gasteiger partial charge in [-0.25, -0.2) is 0 Å². The minimum absolute atomic E-state index is 0.304. The van der Waals surface area contributed by atoms with E-state index in [1.807, 2.05) is 0 Å². The smallest absolute Gasteiger partial charge is 0.224 e. The first-order valence-electron chi connectivity index (χ1n) is 6.03. The van der Waals surface area contributed by atoms with E-state index >= 15 is 0 Å². The maximum Gasteiger partial charge on any atom is 0.224 e. The normalized spacial score (nSPS) is 15.4. The number of nitrogens with one attached hydrogen (secondary N) is 1. The molecule has 1 aliphatic rings. The SMILES string of the molecule is CCCN(c1nc(N)nc2[nH]ncc12)C1CC1. The van der Waals surface area contributed by atoms with Crippen LogP contribution >= 0.6 is 0 Å². The summed E-state index contributed by atoms with van der Waals surface area (Å²) in [6, 6.07) is 0.613. The lowest BCUT2D eigenvalue weighted by Gasteiger charge is -2.23. The van der Waals surface area contributed by atoms with Crippen LogP contribution in [0.2, 0.25) is 0 Å². The fourth-order valence-corrected chi connectivity index (χ4v) is 2.14. The number of nitrogens with two attached hydrogens (primary N) is 1. The molecule has 0 bridgehead atoms. The maximum atomic E-state index is 5.74. The van der Waals surface area contributed by atoms with Gasteiger partial charge in [-0.1, -0.05) is 6.92 Å². The van der Waals surface area contributed by atoms with Crippen LogP contribution < -0.4 is 10.6 Å². The first-order chi connectivity index (χ1) is 8.29. The highest BCUT2D eigenvalue weighted by Crippen LogP contribution is 2.34. The zero-order chi connectivity index (χ0) is 11.8. The van der Waals surface area contributed by atoms with Gasteiger partial charge in [-0.15, -0.1) is 0 Å². The molecule has 0 radical (unpaired) electrons. The number of aromatic nitrogens is 4. The molecule has 1 saturated carbocycles. The van der Waals surface area contributed by atoms with E-state index in [4.69, 9.17) is 5.73 Å². The van der Waals surface area contributed by atoms with Crippen LogP contribution in [0.15, 0.2) is 6.20 Å². The van der Waals surface area contributed by atoms with Gasteiger partial charge in [-0.3, -0.25) is 5.10 Å². The summed E-state index contributed by atoms with van der Waals surface area (Å²) in [5, 5.41) is 7.82. The minimum atomic E-state index is 0.304. The number of nitrogen functional groups attached to an aromatic ring is 1. The lowest BCUT2D eigenvalue weighted by atomic mass is 10.3. The Morgan fingerprint density at radius 3 is 3.00 bits per heavy atom. The van der Waals surface area contributed by atoms with Gasteiger partial charge in [-0.2, -0.15) is 15.1 Å². The second-order valence-corrected chi connectivity index (χ2v) is 4.46. The Labute approximate surface area is 99.2 Å². The zero-order valence-electron chi connectivity index (χ0n) is 9.85. The summed E-state index contributed by atoms with van der Waals surface area (Å²) in [6.45, 7) is 3.17. The highest BCUT2D eigenvalue weighted by Gasteiger charge is 2.31. The monoisotopic (exact) mass is 232 g/mol. The molecule has 0 amide bonds. The molecule has 6 heteroatoms. The van der Waals surface area contributed by atoms with Crippen LogP contribution in [0.25, 0.3) is 11.0 Å². The first kappa shape index (κ1) is 10.3. The van der Waals surface area contributed by atoms with Crippen molar-refractivity contribution in [2.24, 2.45) is 0 Å². The van der Waals surface area contributed by atoms with Gasteiger partial charge in [0.15, 0.2) is 5.65 Å². The van der Waals surface area contributed by atoms with Gasteiger partial charge < -0.3 is 10.6 Å². The predicted octanol–water partition coefficient (Wildman–Crippen LogP) is 1.31. The van der Waals surface area contributed by atoms with E-state index < -0.39 is 0 Å². The van der Waals surface area contributed by atoms with E-state index in [9.17, 15) is 0 Å². The summed E-state index contributed by atoms with van der Waals surface area (Å²) in [5.41, 5.74) is 6.46. The standard InChI is InChI=1S/C11H16N6/c1-2-5-17(7-3-4-7)10-8-6-13-16-9(8)14-11(12)15-10/h6-7H,2-5H2,1H3,(H3,12,13,14,15,16). The molecular formula is C11H16N6. The van der Waals surface area contributed by atoms with Crippen molar-refractivity contribution in [3.8, 4) is 0 Å². The Morgan fingerprint density at radius 2 is 2.29 bits per heavy atom. The number of rotatable bonds is 4. The van der Waals surface area contributed by atoms with Crippen LogP contribution in [0.3, 0.4) is 0 Å². The predicted molar refractivity (Wildman–Crippen MR) is 66.8 cm³/mol. The van der Waals surface area contributed by atoms with Crippen molar-refractivity contribution < 1.29 is 0 Å². The quantitative estimate of drug-likeness (QED) is 0.830. The second-order valence-electron chi connectivity index (χ2n) is 4.46. The third-order valence-electron chi connectivity index (χ3n) is 3.03. The van der Waals surface area contributed by atoms with E-state index in [-0.39, 0.29) is 0 Å². The Hall–Kier alpha value is -1.85. The molecule has 3 rings (SSSR count). The largest absolute Gasteiger partial charge is 0.368 e. The molecular weight excluding hydrogens is 216 g/mol. The Morgan fingerprint density at radius 1 is 1.47 bits per heavy atom. The molecule has 6 nitrogen and oxygen atoms in total. The lowest BCUT2D eigenvalue weighted by molar-refractivity contribution is 0.754. The summed E-state index contributed by atoms with van der Waals surface area (Å²) < 4.78 is 0. The fraction of sp³-hybridized carbons (Fsp3) is 0.545. The van der Waals surface area contributed by atoms with Crippen LogP contribution in [-0.4, -0.2) is 32.8 Å². The van der Waals surface area contributed by atoms with Gasteiger partial charge >= 0.3 is 0 Å². The number of hydrogen-bond donors (Lipinski definition) is 2. The number of anilines is 2. The van der Waals surface area contributed by atoms with Crippen molar-refractivity contribution in [2.75, 3.05) is 17.2 Å². The van der Waals surface area contributed by atoms with Crippen molar-refractivity contribution >= 4 is 22.8 Å². The van der Waals surface area contributed by atoms with Gasteiger partial charge in [0.1, 0.15) is 5.82 Å². The van der Waals surface area contributed by atoms with Crippen molar-refractivity contribution in [1.82, 2.24) is 20.2 Å². The molecule has 0 aliphatic heterocycles. The molecule has 2 aromatic rings. The van der Waals surface area contributed by atoms with E-state index in [1.165, 1.54) is 12.8 Å². The fourth-order valence-electron chi connectivity index (χ4n) is 2.14. The van der Waals surface area contributed by atoms with Crippen LogP contribution in [0, 0.1) is 0 Å². The van der Waals surface area contributed by atoms with E-state index in [1.54, 1.807) is 6.20 Å². The molecule has 0 unspecified atom stereocenters.